The van der Waals surface area contributed by atoms with Crippen LogP contribution in [0.25, 0.3) is 0 Å². The normalized spacial score (nSPS) is 11.9. The van der Waals surface area contributed by atoms with E-state index < -0.39 is 16.8 Å². The van der Waals surface area contributed by atoms with Gasteiger partial charge in [0, 0.05) is 19.4 Å². The Morgan fingerprint density at radius 1 is 1.25 bits per heavy atom. The van der Waals surface area contributed by atoms with Gasteiger partial charge in [0.25, 0.3) is 5.69 Å². The summed E-state index contributed by atoms with van der Waals surface area (Å²) in [5.74, 6) is 0.0420. The lowest BCUT2D eigenvalue weighted by molar-refractivity contribution is -0.384. The van der Waals surface area contributed by atoms with Crippen molar-refractivity contribution in [1.29, 1.82) is 0 Å². The van der Waals surface area contributed by atoms with Gasteiger partial charge in [0.15, 0.2) is 0 Å². The molecule has 3 aromatic rings. The molecule has 0 unspecified atom stereocenters. The molecule has 0 aliphatic heterocycles. The van der Waals surface area contributed by atoms with Crippen molar-refractivity contribution in [3.63, 3.8) is 0 Å². The van der Waals surface area contributed by atoms with Crippen LogP contribution in [0.15, 0.2) is 60.9 Å². The van der Waals surface area contributed by atoms with Gasteiger partial charge in [-0.1, -0.05) is 30.3 Å². The van der Waals surface area contributed by atoms with E-state index in [9.17, 15) is 14.5 Å². The highest BCUT2D eigenvalue weighted by molar-refractivity contribution is 5.63. The minimum absolute atomic E-state index is 0.234. The maximum absolute atomic E-state index is 13.4. The van der Waals surface area contributed by atoms with E-state index in [0.29, 0.717) is 5.82 Å². The number of imidazole rings is 1. The van der Waals surface area contributed by atoms with Crippen molar-refractivity contribution in [2.75, 3.05) is 5.32 Å². The van der Waals surface area contributed by atoms with Gasteiger partial charge in [-0.15, -0.1) is 0 Å². The van der Waals surface area contributed by atoms with E-state index in [1.54, 1.807) is 12.4 Å². The molecule has 0 aliphatic carbocycles. The van der Waals surface area contributed by atoms with Crippen LogP contribution in [0.1, 0.15) is 17.4 Å². The minimum atomic E-state index is -0.652. The largest absolute Gasteiger partial charge is 0.366 e. The van der Waals surface area contributed by atoms with Crippen LogP contribution in [0.3, 0.4) is 0 Å². The van der Waals surface area contributed by atoms with Gasteiger partial charge >= 0.3 is 0 Å². The number of aryl methyl sites for hydroxylation is 1. The van der Waals surface area contributed by atoms with Crippen molar-refractivity contribution in [2.45, 2.75) is 6.04 Å². The lowest BCUT2D eigenvalue weighted by atomic mass is 10.1. The van der Waals surface area contributed by atoms with E-state index in [-0.39, 0.29) is 11.4 Å². The molecule has 1 N–H and O–H groups in total. The topological polar surface area (TPSA) is 73.0 Å². The van der Waals surface area contributed by atoms with Crippen LogP contribution in [0.5, 0.6) is 0 Å². The number of nitrogens with one attached hydrogen (secondary N) is 1. The van der Waals surface area contributed by atoms with Crippen LogP contribution >= 0.6 is 0 Å². The first-order valence-electron chi connectivity index (χ1n) is 7.29. The average molecular weight is 326 g/mol. The Kier molecular flexibility index (Phi) is 4.24. The fourth-order valence-corrected chi connectivity index (χ4v) is 2.53. The maximum Gasteiger partial charge on any atom is 0.295 e. The summed E-state index contributed by atoms with van der Waals surface area (Å²) in [6.45, 7) is 0. The molecule has 1 aromatic heterocycles. The Morgan fingerprint density at radius 2 is 2.00 bits per heavy atom. The van der Waals surface area contributed by atoms with Crippen molar-refractivity contribution in [2.24, 2.45) is 7.05 Å². The highest BCUT2D eigenvalue weighted by Crippen LogP contribution is 2.31. The Labute approximate surface area is 137 Å². The lowest BCUT2D eigenvalue weighted by Gasteiger charge is -2.20. The third-order valence-electron chi connectivity index (χ3n) is 3.71. The van der Waals surface area contributed by atoms with Crippen molar-refractivity contribution < 1.29 is 9.31 Å². The van der Waals surface area contributed by atoms with Gasteiger partial charge in [-0.3, -0.25) is 10.1 Å². The van der Waals surface area contributed by atoms with Crippen LogP contribution < -0.4 is 5.32 Å². The van der Waals surface area contributed by atoms with Gasteiger partial charge in [-0.05, 0) is 17.7 Å². The quantitative estimate of drug-likeness (QED) is 0.573. The van der Waals surface area contributed by atoms with Gasteiger partial charge in [0.1, 0.15) is 23.4 Å². The standard InChI is InChI=1S/C17H15FN4O2/c1-21-10-9-19-17(21)16(12-5-3-2-4-6-12)20-14-8-7-13(18)11-15(14)22(23)24/h2-11,16,20H,1H3/t16-/m1/s1. The predicted octanol–water partition coefficient (Wildman–Crippen LogP) is 3.67. The molecule has 6 nitrogen and oxygen atoms in total. The number of benzene rings is 2. The van der Waals surface area contributed by atoms with E-state index in [1.165, 1.54) is 12.1 Å². The molecule has 24 heavy (non-hydrogen) atoms. The average Bonchev–Trinajstić information content (AvgIpc) is 3.00. The Balaban J connectivity index is 2.06. The van der Waals surface area contributed by atoms with Crippen LogP contribution in [0.2, 0.25) is 0 Å². The number of hydrogen-bond donors (Lipinski definition) is 1. The molecule has 1 atom stereocenters. The number of nitrogens with zero attached hydrogens (tertiary/aromatic N) is 3. The van der Waals surface area contributed by atoms with E-state index >= 15 is 0 Å². The molecule has 2 aromatic carbocycles. The monoisotopic (exact) mass is 326 g/mol. The third-order valence-corrected chi connectivity index (χ3v) is 3.71. The summed E-state index contributed by atoms with van der Waals surface area (Å²) < 4.78 is 15.2. The lowest BCUT2D eigenvalue weighted by Crippen LogP contribution is -2.17. The van der Waals surface area contributed by atoms with Gasteiger partial charge in [0.05, 0.1) is 11.0 Å². The summed E-state index contributed by atoms with van der Waals surface area (Å²) in [5, 5.41) is 14.3. The highest BCUT2D eigenvalue weighted by Gasteiger charge is 2.23. The number of aromatic nitrogens is 2. The van der Waals surface area contributed by atoms with E-state index in [1.807, 2.05) is 41.9 Å². The minimum Gasteiger partial charge on any atom is -0.366 e. The first-order chi connectivity index (χ1) is 11.6. The van der Waals surface area contributed by atoms with E-state index in [0.717, 1.165) is 11.6 Å². The molecule has 0 fully saturated rings. The summed E-state index contributed by atoms with van der Waals surface area (Å²) in [7, 11) is 1.85. The molecular weight excluding hydrogens is 311 g/mol. The Bertz CT molecular complexity index is 864. The van der Waals surface area contributed by atoms with E-state index in [4.69, 9.17) is 0 Å². The fourth-order valence-electron chi connectivity index (χ4n) is 2.53. The zero-order valence-corrected chi connectivity index (χ0v) is 12.9. The number of rotatable bonds is 5. The van der Waals surface area contributed by atoms with E-state index in [2.05, 4.69) is 10.3 Å². The zero-order valence-electron chi connectivity index (χ0n) is 12.9. The molecule has 1 heterocycles. The predicted molar refractivity (Wildman–Crippen MR) is 88.2 cm³/mol. The molecule has 0 aliphatic rings. The van der Waals surface area contributed by atoms with Gasteiger partial charge in [-0.25, -0.2) is 9.37 Å². The van der Waals surface area contributed by atoms with Crippen LogP contribution in [0.4, 0.5) is 15.8 Å². The fraction of sp³-hybridized carbons (Fsp3) is 0.118. The Hall–Kier alpha value is -3.22. The molecule has 0 bridgehead atoms. The number of hydrogen-bond acceptors (Lipinski definition) is 4. The second-order valence-electron chi connectivity index (χ2n) is 5.30. The summed E-state index contributed by atoms with van der Waals surface area (Å²) in [5.41, 5.74) is 0.814. The first-order valence-corrected chi connectivity index (χ1v) is 7.29. The van der Waals surface area contributed by atoms with Crippen LogP contribution in [-0.4, -0.2) is 14.5 Å². The van der Waals surface area contributed by atoms with Gasteiger partial charge in [-0.2, -0.15) is 0 Å². The molecule has 0 spiro atoms. The van der Waals surface area contributed by atoms with Crippen LogP contribution in [0, 0.1) is 15.9 Å². The third kappa shape index (κ3) is 3.10. The smallest absolute Gasteiger partial charge is 0.295 e. The second kappa shape index (κ2) is 6.49. The van der Waals surface area contributed by atoms with Gasteiger partial charge < -0.3 is 9.88 Å². The molecule has 0 radical (unpaired) electrons. The van der Waals surface area contributed by atoms with Gasteiger partial charge in [0.2, 0.25) is 0 Å². The summed E-state index contributed by atoms with van der Waals surface area (Å²) in [6.07, 6.45) is 3.46. The molecule has 7 heteroatoms. The molecule has 0 saturated carbocycles. The number of halogens is 1. The summed E-state index contributed by atoms with van der Waals surface area (Å²) >= 11 is 0. The molecule has 122 valence electrons. The van der Waals surface area contributed by atoms with Crippen LogP contribution in [-0.2, 0) is 7.05 Å². The number of anilines is 1. The van der Waals surface area contributed by atoms with Crippen molar-refractivity contribution >= 4 is 11.4 Å². The van der Waals surface area contributed by atoms with Crippen molar-refractivity contribution in [3.05, 3.63) is 88.2 Å². The molecule has 3 rings (SSSR count). The number of nitro groups is 1. The van der Waals surface area contributed by atoms with Crippen molar-refractivity contribution in [3.8, 4) is 0 Å². The Morgan fingerprint density at radius 3 is 2.62 bits per heavy atom. The SMILES string of the molecule is Cn1ccnc1[C@H](Nc1ccc(F)cc1[N+](=O)[O-])c1ccccc1. The maximum atomic E-state index is 13.4. The molecular formula is C17H15FN4O2. The zero-order chi connectivity index (χ0) is 17.1. The summed E-state index contributed by atoms with van der Waals surface area (Å²) in [6, 6.07) is 12.5. The second-order valence-corrected chi connectivity index (χ2v) is 5.30. The molecule has 0 amide bonds. The number of nitro benzene ring substituents is 1. The molecule has 0 saturated heterocycles. The summed E-state index contributed by atoms with van der Waals surface area (Å²) in [4.78, 5) is 15.0. The van der Waals surface area contributed by atoms with Crippen molar-refractivity contribution in [1.82, 2.24) is 9.55 Å². The highest BCUT2D eigenvalue weighted by atomic mass is 19.1. The first kappa shape index (κ1) is 15.7.